The lowest BCUT2D eigenvalue weighted by Crippen LogP contribution is -2.32. The van der Waals surface area contributed by atoms with Gasteiger partial charge in [0, 0.05) is 18.8 Å². The Morgan fingerprint density at radius 1 is 1.35 bits per heavy atom. The van der Waals surface area contributed by atoms with Crippen LogP contribution in [0.2, 0.25) is 5.02 Å². The van der Waals surface area contributed by atoms with Crippen LogP contribution in [-0.2, 0) is 10.2 Å². The van der Waals surface area contributed by atoms with Crippen molar-refractivity contribution in [3.63, 3.8) is 0 Å². The molecule has 6 heteroatoms. The van der Waals surface area contributed by atoms with E-state index in [2.05, 4.69) is 11.1 Å². The number of pyridine rings is 1. The number of hydrogen-bond donors (Lipinski definition) is 0. The molecule has 0 amide bonds. The largest absolute Gasteiger partial charge is 0.380 e. The maximum absolute atomic E-state index is 13.9. The summed E-state index contributed by atoms with van der Waals surface area (Å²) in [6, 6.07) is 10.4. The highest BCUT2D eigenvalue weighted by atomic mass is 35.5. The predicted molar refractivity (Wildman–Crippen MR) is 84.5 cm³/mol. The molecule has 1 atom stereocenters. The van der Waals surface area contributed by atoms with Crippen molar-refractivity contribution in [3.8, 4) is 6.07 Å². The topological polar surface area (TPSA) is 49.1 Å². The third-order valence-electron chi connectivity index (χ3n) is 4.56. The molecule has 1 fully saturated rings. The van der Waals surface area contributed by atoms with Gasteiger partial charge in [-0.3, -0.25) is 0 Å². The summed E-state index contributed by atoms with van der Waals surface area (Å²) < 4.78 is 19.4. The average Bonchev–Trinajstić information content (AvgIpc) is 3.16. The Bertz CT molecular complexity index is 827. The molecule has 3 heterocycles. The molecule has 4 rings (SSSR count). The van der Waals surface area contributed by atoms with Crippen molar-refractivity contribution >= 4 is 23.0 Å². The van der Waals surface area contributed by atoms with E-state index >= 15 is 0 Å². The van der Waals surface area contributed by atoms with Crippen LogP contribution in [0.3, 0.4) is 0 Å². The van der Waals surface area contributed by atoms with Gasteiger partial charge in [-0.05, 0) is 36.8 Å². The quantitative estimate of drug-likeness (QED) is 0.802. The van der Waals surface area contributed by atoms with Gasteiger partial charge in [-0.25, -0.2) is 9.37 Å². The SMILES string of the molecule is N#Cc1ccc2c(n1)C1(CCOC1)CN2c1ccc(Cl)c(F)c1. The molecule has 1 saturated heterocycles. The molecule has 2 aliphatic heterocycles. The van der Waals surface area contributed by atoms with Gasteiger partial charge in [-0.1, -0.05) is 11.6 Å². The smallest absolute Gasteiger partial charge is 0.143 e. The zero-order valence-corrected chi connectivity index (χ0v) is 13.0. The van der Waals surface area contributed by atoms with Crippen LogP contribution in [0, 0.1) is 17.1 Å². The molecule has 0 saturated carbocycles. The molecular formula is C17H13ClFN3O. The van der Waals surface area contributed by atoms with Crippen LogP contribution in [0.1, 0.15) is 17.8 Å². The third-order valence-corrected chi connectivity index (χ3v) is 4.87. The number of nitrogens with zero attached hydrogens (tertiary/aromatic N) is 3. The second-order valence-electron chi connectivity index (χ2n) is 5.94. The summed E-state index contributed by atoms with van der Waals surface area (Å²) in [4.78, 5) is 6.55. The van der Waals surface area contributed by atoms with E-state index in [-0.39, 0.29) is 10.4 Å². The monoisotopic (exact) mass is 329 g/mol. The van der Waals surface area contributed by atoms with Crippen LogP contribution in [0.25, 0.3) is 0 Å². The van der Waals surface area contributed by atoms with Gasteiger partial charge in [-0.15, -0.1) is 0 Å². The van der Waals surface area contributed by atoms with Gasteiger partial charge in [0.05, 0.1) is 28.4 Å². The predicted octanol–water partition coefficient (Wildman–Crippen LogP) is 3.56. The van der Waals surface area contributed by atoms with Crippen molar-refractivity contribution in [2.75, 3.05) is 24.7 Å². The number of fused-ring (bicyclic) bond motifs is 2. The minimum Gasteiger partial charge on any atom is -0.380 e. The van der Waals surface area contributed by atoms with Crippen LogP contribution in [0.5, 0.6) is 0 Å². The zero-order chi connectivity index (χ0) is 16.0. The highest BCUT2D eigenvalue weighted by molar-refractivity contribution is 6.30. The molecule has 23 heavy (non-hydrogen) atoms. The van der Waals surface area contributed by atoms with Crippen LogP contribution in [-0.4, -0.2) is 24.7 Å². The number of nitriles is 1. The van der Waals surface area contributed by atoms with Gasteiger partial charge in [0.2, 0.25) is 0 Å². The molecule has 1 aromatic heterocycles. The van der Waals surface area contributed by atoms with Gasteiger partial charge in [0.1, 0.15) is 17.6 Å². The van der Waals surface area contributed by atoms with Crippen LogP contribution in [0.15, 0.2) is 30.3 Å². The first-order valence-corrected chi connectivity index (χ1v) is 7.73. The molecule has 4 nitrogen and oxygen atoms in total. The first-order valence-electron chi connectivity index (χ1n) is 7.35. The number of anilines is 2. The molecule has 1 aromatic carbocycles. The fourth-order valence-corrected chi connectivity index (χ4v) is 3.50. The van der Waals surface area contributed by atoms with Crippen LogP contribution in [0.4, 0.5) is 15.8 Å². The second kappa shape index (κ2) is 5.19. The van der Waals surface area contributed by atoms with Gasteiger partial charge in [0.25, 0.3) is 0 Å². The maximum Gasteiger partial charge on any atom is 0.143 e. The summed E-state index contributed by atoms with van der Waals surface area (Å²) in [6.07, 6.45) is 0.842. The lowest BCUT2D eigenvalue weighted by molar-refractivity contribution is 0.179. The molecule has 2 aliphatic rings. The number of benzene rings is 1. The van der Waals surface area contributed by atoms with E-state index in [1.54, 1.807) is 18.2 Å². The summed E-state index contributed by atoms with van der Waals surface area (Å²) in [6.45, 7) is 1.89. The minimum absolute atomic E-state index is 0.102. The van der Waals surface area contributed by atoms with Crippen molar-refractivity contribution in [2.45, 2.75) is 11.8 Å². The highest BCUT2D eigenvalue weighted by Gasteiger charge is 2.47. The average molecular weight is 330 g/mol. The van der Waals surface area contributed by atoms with Crippen molar-refractivity contribution in [2.24, 2.45) is 0 Å². The fourth-order valence-electron chi connectivity index (χ4n) is 3.39. The molecule has 116 valence electrons. The molecule has 0 aliphatic carbocycles. The molecule has 0 N–H and O–H groups in total. The van der Waals surface area contributed by atoms with E-state index in [1.807, 2.05) is 11.0 Å². The number of halogens is 2. The van der Waals surface area contributed by atoms with Gasteiger partial charge < -0.3 is 9.64 Å². The molecule has 0 bridgehead atoms. The third kappa shape index (κ3) is 2.18. The Balaban J connectivity index is 1.85. The Morgan fingerprint density at radius 3 is 2.91 bits per heavy atom. The molecule has 2 aromatic rings. The summed E-state index contributed by atoms with van der Waals surface area (Å²) >= 11 is 5.79. The Labute approximate surface area is 138 Å². The van der Waals surface area contributed by atoms with E-state index < -0.39 is 5.82 Å². The maximum atomic E-state index is 13.9. The molecule has 1 spiro atoms. The van der Waals surface area contributed by atoms with Crippen molar-refractivity contribution in [1.29, 1.82) is 5.26 Å². The zero-order valence-electron chi connectivity index (χ0n) is 12.2. The van der Waals surface area contributed by atoms with Crippen molar-refractivity contribution < 1.29 is 9.13 Å². The first kappa shape index (κ1) is 14.4. The van der Waals surface area contributed by atoms with E-state index in [9.17, 15) is 4.39 Å². The van der Waals surface area contributed by atoms with Gasteiger partial charge >= 0.3 is 0 Å². The summed E-state index contributed by atoms with van der Waals surface area (Å²) in [7, 11) is 0. The number of rotatable bonds is 1. The number of ether oxygens (including phenoxy) is 1. The van der Waals surface area contributed by atoms with E-state index in [1.165, 1.54) is 6.07 Å². The first-order chi connectivity index (χ1) is 11.1. The summed E-state index contributed by atoms with van der Waals surface area (Å²) in [5.41, 5.74) is 2.64. The normalized spacial score (nSPS) is 22.4. The number of aromatic nitrogens is 1. The summed E-state index contributed by atoms with van der Waals surface area (Å²) in [5, 5.41) is 9.23. The van der Waals surface area contributed by atoms with E-state index in [0.717, 1.165) is 23.5 Å². The van der Waals surface area contributed by atoms with Gasteiger partial charge in [-0.2, -0.15) is 5.26 Å². The Morgan fingerprint density at radius 2 is 2.22 bits per heavy atom. The Kier molecular flexibility index (Phi) is 3.26. The molecular weight excluding hydrogens is 317 g/mol. The standard InChI is InChI=1S/C17H13ClFN3O/c18-13-3-2-12(7-14(13)19)22-9-17(5-6-23-10-17)16-15(22)4-1-11(8-20)21-16/h1-4,7H,5-6,9-10H2. The van der Waals surface area contributed by atoms with Crippen LogP contribution < -0.4 is 4.90 Å². The summed E-state index contributed by atoms with van der Waals surface area (Å²) in [5.74, 6) is -0.448. The van der Waals surface area contributed by atoms with Crippen molar-refractivity contribution in [1.82, 2.24) is 4.98 Å². The molecule has 1 unspecified atom stereocenters. The van der Waals surface area contributed by atoms with Gasteiger partial charge in [0.15, 0.2) is 0 Å². The minimum atomic E-state index is -0.448. The lowest BCUT2D eigenvalue weighted by atomic mass is 9.85. The molecule has 0 radical (unpaired) electrons. The van der Waals surface area contributed by atoms with E-state index in [4.69, 9.17) is 21.6 Å². The van der Waals surface area contributed by atoms with Crippen LogP contribution >= 0.6 is 11.6 Å². The van der Waals surface area contributed by atoms with E-state index in [0.29, 0.717) is 25.5 Å². The second-order valence-corrected chi connectivity index (χ2v) is 6.35. The fraction of sp³-hybridized carbons (Fsp3) is 0.294. The number of hydrogen-bond acceptors (Lipinski definition) is 4. The van der Waals surface area contributed by atoms with Crippen molar-refractivity contribution in [3.05, 3.63) is 52.6 Å². The Hall–Kier alpha value is -2.16. The lowest BCUT2D eigenvalue weighted by Gasteiger charge is -2.23. The highest BCUT2D eigenvalue weighted by Crippen LogP contribution is 2.47.